The third kappa shape index (κ3) is 3.62. The van der Waals surface area contributed by atoms with Crippen LogP contribution in [0.2, 0.25) is 0 Å². The van der Waals surface area contributed by atoms with Crippen LogP contribution in [0.4, 0.5) is 4.79 Å². The number of rotatable bonds is 6. The predicted octanol–water partition coefficient (Wildman–Crippen LogP) is 2.20. The number of carbonyl (C=O) groups is 1. The molecular formula is C16H24N2O4. The number of urea groups is 1. The van der Waals surface area contributed by atoms with Crippen LogP contribution in [0.5, 0.6) is 11.5 Å². The van der Waals surface area contributed by atoms with Crippen LogP contribution in [-0.4, -0.2) is 52.0 Å². The first-order chi connectivity index (χ1) is 10.7. The van der Waals surface area contributed by atoms with Gasteiger partial charge in [-0.25, -0.2) is 4.79 Å². The third-order valence-electron chi connectivity index (χ3n) is 3.90. The lowest BCUT2D eigenvalue weighted by molar-refractivity contribution is 0.176. The van der Waals surface area contributed by atoms with Gasteiger partial charge in [0.1, 0.15) is 11.5 Å². The summed E-state index contributed by atoms with van der Waals surface area (Å²) >= 11 is 0. The van der Waals surface area contributed by atoms with E-state index in [1.54, 1.807) is 21.3 Å². The van der Waals surface area contributed by atoms with Crippen LogP contribution in [0.25, 0.3) is 0 Å². The van der Waals surface area contributed by atoms with E-state index < -0.39 is 0 Å². The van der Waals surface area contributed by atoms with Crippen molar-refractivity contribution in [2.45, 2.75) is 18.9 Å². The lowest BCUT2D eigenvalue weighted by atomic mass is 10.0. The molecule has 1 saturated heterocycles. The highest BCUT2D eigenvalue weighted by Crippen LogP contribution is 2.38. The molecule has 1 atom stereocenters. The number of hydrogen-bond donors (Lipinski definition) is 1. The van der Waals surface area contributed by atoms with E-state index in [4.69, 9.17) is 14.2 Å². The largest absolute Gasteiger partial charge is 0.497 e. The van der Waals surface area contributed by atoms with Crippen molar-refractivity contribution in [2.24, 2.45) is 0 Å². The highest BCUT2D eigenvalue weighted by atomic mass is 16.5. The van der Waals surface area contributed by atoms with Gasteiger partial charge in [0.15, 0.2) is 0 Å². The monoisotopic (exact) mass is 308 g/mol. The highest BCUT2D eigenvalue weighted by molar-refractivity contribution is 5.75. The Morgan fingerprint density at radius 3 is 2.82 bits per heavy atom. The van der Waals surface area contributed by atoms with Gasteiger partial charge >= 0.3 is 6.03 Å². The fraction of sp³-hybridized carbons (Fsp3) is 0.562. The first-order valence-electron chi connectivity index (χ1n) is 7.46. The molecule has 22 heavy (non-hydrogen) atoms. The quantitative estimate of drug-likeness (QED) is 0.819. The molecule has 1 aromatic carbocycles. The SMILES string of the molecule is COCCNC(=O)N1CCC[C@@H]1c1ccc(OC)cc1OC. The molecule has 0 aromatic heterocycles. The normalized spacial score (nSPS) is 17.4. The Labute approximate surface area is 131 Å². The minimum atomic E-state index is -0.0579. The summed E-state index contributed by atoms with van der Waals surface area (Å²) in [6.07, 6.45) is 1.91. The van der Waals surface area contributed by atoms with Gasteiger partial charge in [0.05, 0.1) is 26.9 Å². The topological polar surface area (TPSA) is 60.0 Å². The van der Waals surface area contributed by atoms with Crippen LogP contribution >= 0.6 is 0 Å². The van der Waals surface area contributed by atoms with Gasteiger partial charge in [-0.1, -0.05) is 0 Å². The molecule has 0 unspecified atom stereocenters. The van der Waals surface area contributed by atoms with Crippen LogP contribution in [0.15, 0.2) is 18.2 Å². The number of carbonyl (C=O) groups excluding carboxylic acids is 1. The third-order valence-corrected chi connectivity index (χ3v) is 3.90. The number of amides is 2. The Balaban J connectivity index is 2.14. The maximum absolute atomic E-state index is 12.3. The Kier molecular flexibility index (Phi) is 5.89. The van der Waals surface area contributed by atoms with Gasteiger partial charge in [-0.05, 0) is 25.0 Å². The number of benzene rings is 1. The number of likely N-dealkylation sites (tertiary alicyclic amines) is 1. The summed E-state index contributed by atoms with van der Waals surface area (Å²) in [4.78, 5) is 14.2. The van der Waals surface area contributed by atoms with E-state index in [0.717, 1.165) is 36.4 Å². The number of nitrogens with zero attached hydrogens (tertiary/aromatic N) is 1. The Bertz CT molecular complexity index is 507. The zero-order chi connectivity index (χ0) is 15.9. The van der Waals surface area contributed by atoms with Gasteiger partial charge in [-0.15, -0.1) is 0 Å². The van der Waals surface area contributed by atoms with Crippen molar-refractivity contribution in [1.82, 2.24) is 10.2 Å². The summed E-state index contributed by atoms with van der Waals surface area (Å²) in [6, 6.07) is 5.70. The average molecular weight is 308 g/mol. The number of hydrogen-bond acceptors (Lipinski definition) is 4. The number of methoxy groups -OCH3 is 3. The van der Waals surface area contributed by atoms with Crippen molar-refractivity contribution in [1.29, 1.82) is 0 Å². The van der Waals surface area contributed by atoms with E-state index in [-0.39, 0.29) is 12.1 Å². The van der Waals surface area contributed by atoms with E-state index in [0.29, 0.717) is 13.2 Å². The minimum absolute atomic E-state index is 0.0309. The smallest absolute Gasteiger partial charge is 0.317 e. The molecule has 0 radical (unpaired) electrons. The second kappa shape index (κ2) is 7.89. The van der Waals surface area contributed by atoms with Crippen LogP contribution in [0.1, 0.15) is 24.4 Å². The van der Waals surface area contributed by atoms with Crippen molar-refractivity contribution < 1.29 is 19.0 Å². The fourth-order valence-corrected chi connectivity index (χ4v) is 2.79. The van der Waals surface area contributed by atoms with Crippen molar-refractivity contribution in [3.63, 3.8) is 0 Å². The summed E-state index contributed by atoms with van der Waals surface area (Å²) in [6.45, 7) is 1.77. The molecule has 1 aliphatic heterocycles. The van der Waals surface area contributed by atoms with Crippen molar-refractivity contribution >= 4 is 6.03 Å². The van der Waals surface area contributed by atoms with E-state index in [2.05, 4.69) is 5.32 Å². The molecule has 1 fully saturated rings. The Morgan fingerprint density at radius 2 is 2.14 bits per heavy atom. The Hall–Kier alpha value is -1.95. The molecule has 0 aliphatic carbocycles. The molecule has 0 saturated carbocycles. The summed E-state index contributed by atoms with van der Waals surface area (Å²) in [7, 11) is 4.88. The van der Waals surface area contributed by atoms with Crippen molar-refractivity contribution in [3.05, 3.63) is 23.8 Å². The van der Waals surface area contributed by atoms with Gasteiger partial charge in [0, 0.05) is 31.8 Å². The van der Waals surface area contributed by atoms with Crippen LogP contribution in [-0.2, 0) is 4.74 Å². The maximum Gasteiger partial charge on any atom is 0.317 e. The maximum atomic E-state index is 12.3. The van der Waals surface area contributed by atoms with Gasteiger partial charge in [0.2, 0.25) is 0 Å². The van der Waals surface area contributed by atoms with E-state index >= 15 is 0 Å². The molecule has 6 heteroatoms. The van der Waals surface area contributed by atoms with E-state index in [1.807, 2.05) is 23.1 Å². The molecule has 2 rings (SSSR count). The van der Waals surface area contributed by atoms with E-state index in [9.17, 15) is 4.79 Å². The second-order valence-corrected chi connectivity index (χ2v) is 5.18. The van der Waals surface area contributed by atoms with Gasteiger partial charge in [-0.2, -0.15) is 0 Å². The summed E-state index contributed by atoms with van der Waals surface area (Å²) < 4.78 is 15.7. The van der Waals surface area contributed by atoms with Crippen molar-refractivity contribution in [3.8, 4) is 11.5 Å². The fourth-order valence-electron chi connectivity index (χ4n) is 2.79. The summed E-state index contributed by atoms with van der Waals surface area (Å²) in [5.74, 6) is 1.50. The molecule has 0 bridgehead atoms. The molecular weight excluding hydrogens is 284 g/mol. The predicted molar refractivity (Wildman–Crippen MR) is 83.5 cm³/mol. The molecule has 122 valence electrons. The Morgan fingerprint density at radius 1 is 1.32 bits per heavy atom. The number of ether oxygens (including phenoxy) is 3. The highest BCUT2D eigenvalue weighted by Gasteiger charge is 2.31. The van der Waals surface area contributed by atoms with Crippen LogP contribution in [0.3, 0.4) is 0 Å². The zero-order valence-electron chi connectivity index (χ0n) is 13.4. The molecule has 0 spiro atoms. The first-order valence-corrected chi connectivity index (χ1v) is 7.46. The first kappa shape index (κ1) is 16.4. The zero-order valence-corrected chi connectivity index (χ0v) is 13.4. The molecule has 1 aromatic rings. The minimum Gasteiger partial charge on any atom is -0.497 e. The van der Waals surface area contributed by atoms with Gasteiger partial charge in [-0.3, -0.25) is 0 Å². The molecule has 1 aliphatic rings. The van der Waals surface area contributed by atoms with Crippen LogP contribution < -0.4 is 14.8 Å². The van der Waals surface area contributed by atoms with E-state index in [1.165, 1.54) is 0 Å². The second-order valence-electron chi connectivity index (χ2n) is 5.18. The van der Waals surface area contributed by atoms with Crippen LogP contribution in [0, 0.1) is 0 Å². The van der Waals surface area contributed by atoms with Crippen molar-refractivity contribution in [2.75, 3.05) is 41.0 Å². The summed E-state index contributed by atoms with van der Waals surface area (Å²) in [5, 5.41) is 2.88. The molecule has 6 nitrogen and oxygen atoms in total. The standard InChI is InChI=1S/C16H24N2O4/c1-20-10-8-17-16(19)18-9-4-5-14(18)13-7-6-12(21-2)11-15(13)22-3/h6-7,11,14H,4-5,8-10H2,1-3H3,(H,17,19)/t14-/m1/s1. The number of nitrogens with one attached hydrogen (secondary N) is 1. The summed E-state index contributed by atoms with van der Waals surface area (Å²) in [5.41, 5.74) is 1.02. The van der Waals surface area contributed by atoms with Gasteiger partial charge in [0.25, 0.3) is 0 Å². The lowest BCUT2D eigenvalue weighted by Gasteiger charge is -2.26. The molecule has 1 heterocycles. The van der Waals surface area contributed by atoms with Gasteiger partial charge < -0.3 is 24.4 Å². The molecule has 2 amide bonds. The molecule has 1 N–H and O–H groups in total. The average Bonchev–Trinajstić information content (AvgIpc) is 3.03. The lowest BCUT2D eigenvalue weighted by Crippen LogP contribution is -2.40.